The zero-order valence-electron chi connectivity index (χ0n) is 14.6. The number of fused-ring (bicyclic) bond motifs is 2. The first-order valence-corrected chi connectivity index (χ1v) is 8.58. The largest absolute Gasteiger partial charge is 0.490 e. The van der Waals surface area contributed by atoms with Crippen LogP contribution >= 0.6 is 0 Å². The summed E-state index contributed by atoms with van der Waals surface area (Å²) in [7, 11) is 1.89. The Hall–Kier alpha value is -3.21. The summed E-state index contributed by atoms with van der Waals surface area (Å²) in [6.45, 7) is 5.34. The minimum atomic E-state index is -0.175. The molecule has 2 aromatic carbocycles. The Balaban J connectivity index is 1.62. The van der Waals surface area contributed by atoms with Crippen LogP contribution < -0.4 is 14.8 Å². The molecule has 0 bridgehead atoms. The molecule has 2 aliphatic heterocycles. The maximum Gasteiger partial charge on any atom is 0.257 e. The molecule has 0 radical (unpaired) electrons. The van der Waals surface area contributed by atoms with Crippen molar-refractivity contribution >= 4 is 22.9 Å². The number of ether oxygens (including phenoxy) is 2. The van der Waals surface area contributed by atoms with Gasteiger partial charge in [-0.2, -0.15) is 0 Å². The van der Waals surface area contributed by atoms with Gasteiger partial charge in [0.2, 0.25) is 0 Å². The van der Waals surface area contributed by atoms with Crippen LogP contribution in [-0.4, -0.2) is 31.1 Å². The molecular formula is C21H20N2O3. The normalized spacial score (nSPS) is 15.7. The lowest BCUT2D eigenvalue weighted by atomic mass is 9.94. The van der Waals surface area contributed by atoms with Gasteiger partial charge < -0.3 is 19.7 Å². The smallest absolute Gasteiger partial charge is 0.257 e. The van der Waals surface area contributed by atoms with E-state index in [0.717, 1.165) is 23.2 Å². The third-order valence-electron chi connectivity index (χ3n) is 4.53. The highest BCUT2D eigenvalue weighted by Crippen LogP contribution is 2.35. The Labute approximate surface area is 152 Å². The van der Waals surface area contributed by atoms with Gasteiger partial charge in [-0.25, -0.2) is 0 Å². The van der Waals surface area contributed by atoms with Crippen LogP contribution in [0.2, 0.25) is 0 Å². The fourth-order valence-electron chi connectivity index (χ4n) is 3.12. The summed E-state index contributed by atoms with van der Waals surface area (Å²) in [4.78, 5) is 14.8. The number of carbonyl (C=O) groups excluding carboxylic acids is 1. The third-order valence-corrected chi connectivity index (χ3v) is 4.53. The summed E-state index contributed by atoms with van der Waals surface area (Å²) >= 11 is 0. The Morgan fingerprint density at radius 3 is 2.62 bits per heavy atom. The van der Waals surface area contributed by atoms with Crippen LogP contribution in [0.3, 0.4) is 0 Å². The first kappa shape index (κ1) is 16.3. The molecule has 0 spiro atoms. The van der Waals surface area contributed by atoms with Crippen molar-refractivity contribution in [2.24, 2.45) is 0 Å². The highest BCUT2D eigenvalue weighted by molar-refractivity contribution is 6.26. The summed E-state index contributed by atoms with van der Waals surface area (Å²) in [5.41, 5.74) is 3.98. The molecular weight excluding hydrogens is 328 g/mol. The summed E-state index contributed by atoms with van der Waals surface area (Å²) < 4.78 is 11.3. The van der Waals surface area contributed by atoms with Crippen molar-refractivity contribution in [3.05, 3.63) is 66.4 Å². The molecule has 2 aromatic rings. The first-order chi connectivity index (χ1) is 12.6. The molecule has 4 rings (SSSR count). The lowest BCUT2D eigenvalue weighted by molar-refractivity contribution is -0.111. The number of anilines is 1. The number of nitrogens with one attached hydrogen (secondary N) is 1. The maximum absolute atomic E-state index is 12.9. The molecule has 0 aliphatic carbocycles. The van der Waals surface area contributed by atoms with Gasteiger partial charge in [0.25, 0.3) is 5.91 Å². The molecule has 26 heavy (non-hydrogen) atoms. The van der Waals surface area contributed by atoms with Crippen molar-refractivity contribution < 1.29 is 14.3 Å². The van der Waals surface area contributed by atoms with Gasteiger partial charge in [0.1, 0.15) is 0 Å². The van der Waals surface area contributed by atoms with Crippen LogP contribution in [0.25, 0.3) is 11.3 Å². The van der Waals surface area contributed by atoms with E-state index in [-0.39, 0.29) is 5.91 Å². The Kier molecular flexibility index (Phi) is 4.13. The lowest BCUT2D eigenvalue weighted by Crippen LogP contribution is -2.22. The number of carbonyl (C=O) groups is 1. The van der Waals surface area contributed by atoms with Crippen molar-refractivity contribution in [1.29, 1.82) is 0 Å². The fourth-order valence-corrected chi connectivity index (χ4v) is 3.12. The van der Waals surface area contributed by atoms with Crippen LogP contribution in [0.1, 0.15) is 17.5 Å². The van der Waals surface area contributed by atoms with Gasteiger partial charge in [0, 0.05) is 42.7 Å². The molecule has 0 saturated heterocycles. The van der Waals surface area contributed by atoms with Gasteiger partial charge in [0.05, 0.1) is 18.8 Å². The molecule has 0 saturated carbocycles. The summed E-state index contributed by atoms with van der Waals surface area (Å²) in [5.74, 6) is 1.19. The van der Waals surface area contributed by atoms with E-state index < -0.39 is 0 Å². The zero-order chi connectivity index (χ0) is 18.1. The van der Waals surface area contributed by atoms with Gasteiger partial charge in [-0.05, 0) is 17.7 Å². The van der Waals surface area contributed by atoms with Crippen LogP contribution in [-0.2, 0) is 4.79 Å². The second-order valence-corrected chi connectivity index (χ2v) is 6.31. The molecule has 2 heterocycles. The second kappa shape index (κ2) is 6.59. The molecule has 0 atom stereocenters. The summed E-state index contributed by atoms with van der Waals surface area (Å²) in [5, 5.41) is 2.96. The zero-order valence-corrected chi connectivity index (χ0v) is 14.6. The van der Waals surface area contributed by atoms with E-state index in [2.05, 4.69) is 11.9 Å². The number of nitrogens with zero attached hydrogens (tertiary/aromatic N) is 1. The molecule has 1 N–H and O–H groups in total. The third kappa shape index (κ3) is 2.92. The number of hydrogen-bond donors (Lipinski definition) is 1. The summed E-state index contributed by atoms with van der Waals surface area (Å²) in [6, 6.07) is 13.2. The molecule has 0 aromatic heterocycles. The predicted octanol–water partition coefficient (Wildman–Crippen LogP) is 3.74. The van der Waals surface area contributed by atoms with Gasteiger partial charge in [-0.3, -0.25) is 4.79 Å². The van der Waals surface area contributed by atoms with Gasteiger partial charge in [0.15, 0.2) is 11.5 Å². The van der Waals surface area contributed by atoms with Crippen LogP contribution in [0.15, 0.2) is 55.2 Å². The van der Waals surface area contributed by atoms with Crippen LogP contribution in [0, 0.1) is 0 Å². The lowest BCUT2D eigenvalue weighted by Gasteiger charge is -2.27. The van der Waals surface area contributed by atoms with Crippen molar-refractivity contribution in [2.45, 2.75) is 6.42 Å². The number of rotatable bonds is 2. The standard InChI is InChI=1S/C21H20N2O3/c1-14-16-6-3-4-7-17(16)18(13-23(14)2)21(24)22-15-8-9-19-20(12-15)26-11-5-10-25-19/h3-4,6-9,12-13H,1,5,10-11H2,2H3,(H,22,24). The minimum Gasteiger partial charge on any atom is -0.490 e. The van der Waals surface area contributed by atoms with E-state index in [0.29, 0.717) is 36.0 Å². The van der Waals surface area contributed by atoms with Crippen molar-refractivity contribution in [1.82, 2.24) is 4.90 Å². The van der Waals surface area contributed by atoms with Crippen molar-refractivity contribution in [3.63, 3.8) is 0 Å². The van der Waals surface area contributed by atoms with Crippen molar-refractivity contribution in [3.8, 4) is 11.5 Å². The van der Waals surface area contributed by atoms with Gasteiger partial charge in [-0.1, -0.05) is 30.8 Å². The molecule has 5 heteroatoms. The second-order valence-electron chi connectivity index (χ2n) is 6.31. The van der Waals surface area contributed by atoms with E-state index in [1.54, 1.807) is 6.07 Å². The first-order valence-electron chi connectivity index (χ1n) is 8.58. The van der Waals surface area contributed by atoms with E-state index in [1.165, 1.54) is 0 Å². The maximum atomic E-state index is 12.9. The molecule has 5 nitrogen and oxygen atoms in total. The van der Waals surface area contributed by atoms with E-state index in [1.807, 2.05) is 54.5 Å². The fraction of sp³-hybridized carbons (Fsp3) is 0.190. The van der Waals surface area contributed by atoms with E-state index >= 15 is 0 Å². The average molecular weight is 348 g/mol. The Morgan fingerprint density at radius 2 is 1.81 bits per heavy atom. The number of benzene rings is 2. The van der Waals surface area contributed by atoms with Crippen molar-refractivity contribution in [2.75, 3.05) is 25.6 Å². The Bertz CT molecular complexity index is 917. The minimum absolute atomic E-state index is 0.175. The number of amides is 1. The summed E-state index contributed by atoms with van der Waals surface area (Å²) in [6.07, 6.45) is 2.65. The molecule has 2 aliphatic rings. The topological polar surface area (TPSA) is 50.8 Å². The number of hydrogen-bond acceptors (Lipinski definition) is 4. The van der Waals surface area contributed by atoms with Crippen LogP contribution in [0.4, 0.5) is 5.69 Å². The predicted molar refractivity (Wildman–Crippen MR) is 102 cm³/mol. The molecule has 132 valence electrons. The molecule has 1 amide bonds. The van der Waals surface area contributed by atoms with Gasteiger partial charge >= 0.3 is 0 Å². The SMILES string of the molecule is C=C1c2ccccc2C(C(=O)Nc2ccc3c(c2)OCCCO3)=CN1C. The van der Waals surface area contributed by atoms with E-state index in [4.69, 9.17) is 9.47 Å². The van der Waals surface area contributed by atoms with Crippen LogP contribution in [0.5, 0.6) is 11.5 Å². The quantitative estimate of drug-likeness (QED) is 0.898. The monoisotopic (exact) mass is 348 g/mol. The molecule has 0 fully saturated rings. The highest BCUT2D eigenvalue weighted by atomic mass is 16.5. The Morgan fingerprint density at radius 1 is 1.08 bits per heavy atom. The van der Waals surface area contributed by atoms with E-state index in [9.17, 15) is 4.79 Å². The molecule has 0 unspecified atom stereocenters. The highest BCUT2D eigenvalue weighted by Gasteiger charge is 2.23. The van der Waals surface area contributed by atoms with Gasteiger partial charge in [-0.15, -0.1) is 0 Å². The average Bonchev–Trinajstić information content (AvgIpc) is 2.89.